The van der Waals surface area contributed by atoms with Crippen molar-refractivity contribution in [3.8, 4) is 5.75 Å². The standard InChI is InChI=1S/C29H32O8/c1-3-5-6-7-8-19-9-11-20(12-10-19)28(31)36-23-17-33-27-24(18-34-26(23)27)37-29(32)21-13-15-22(16-14-21)35-25(30)4-2/h4,9-16,23-24,26-27H,2-3,5-8,17-18H2,1H3/t23-,24-,26-,27-/m1/s1. The molecular weight excluding hydrogens is 476 g/mol. The molecule has 0 saturated carbocycles. The van der Waals surface area contributed by atoms with Crippen LogP contribution in [0.25, 0.3) is 0 Å². The monoisotopic (exact) mass is 508 g/mol. The van der Waals surface area contributed by atoms with E-state index in [0.29, 0.717) is 5.56 Å². The Morgan fingerprint density at radius 2 is 1.38 bits per heavy atom. The maximum atomic E-state index is 12.7. The van der Waals surface area contributed by atoms with Gasteiger partial charge in [-0.05, 0) is 54.8 Å². The fourth-order valence-electron chi connectivity index (χ4n) is 4.42. The predicted molar refractivity (Wildman–Crippen MR) is 134 cm³/mol. The van der Waals surface area contributed by atoms with Gasteiger partial charge < -0.3 is 23.7 Å². The highest BCUT2D eigenvalue weighted by molar-refractivity contribution is 5.90. The van der Waals surface area contributed by atoms with E-state index in [-0.39, 0.29) is 24.5 Å². The molecule has 2 aliphatic rings. The van der Waals surface area contributed by atoms with Gasteiger partial charge in [-0.3, -0.25) is 0 Å². The molecule has 0 aromatic heterocycles. The van der Waals surface area contributed by atoms with Crippen molar-refractivity contribution < 1.29 is 38.1 Å². The molecule has 0 bridgehead atoms. The van der Waals surface area contributed by atoms with Gasteiger partial charge in [0.2, 0.25) is 0 Å². The average molecular weight is 509 g/mol. The van der Waals surface area contributed by atoms with E-state index in [1.807, 2.05) is 12.1 Å². The van der Waals surface area contributed by atoms with Gasteiger partial charge in [-0.25, -0.2) is 14.4 Å². The number of carbonyl (C=O) groups excluding carboxylic acids is 3. The minimum absolute atomic E-state index is 0.136. The number of aryl methyl sites for hydroxylation is 1. The molecule has 2 aliphatic heterocycles. The first-order valence-corrected chi connectivity index (χ1v) is 12.7. The van der Waals surface area contributed by atoms with Crippen LogP contribution in [-0.4, -0.2) is 55.5 Å². The van der Waals surface area contributed by atoms with Crippen LogP contribution >= 0.6 is 0 Å². The summed E-state index contributed by atoms with van der Waals surface area (Å²) in [5.74, 6) is -1.30. The number of fused-ring (bicyclic) bond motifs is 1. The smallest absolute Gasteiger partial charge is 0.338 e. The number of benzene rings is 2. The molecule has 2 heterocycles. The lowest BCUT2D eigenvalue weighted by Crippen LogP contribution is -2.36. The molecule has 0 aliphatic carbocycles. The molecule has 37 heavy (non-hydrogen) atoms. The number of unbranched alkanes of at least 4 members (excludes halogenated alkanes) is 3. The lowest BCUT2D eigenvalue weighted by atomic mass is 10.0. The van der Waals surface area contributed by atoms with Crippen LogP contribution in [0.4, 0.5) is 0 Å². The highest BCUT2D eigenvalue weighted by Crippen LogP contribution is 2.31. The Balaban J connectivity index is 1.26. The van der Waals surface area contributed by atoms with Crippen molar-refractivity contribution in [2.75, 3.05) is 13.2 Å². The second kappa shape index (κ2) is 12.7. The second-order valence-electron chi connectivity index (χ2n) is 9.14. The van der Waals surface area contributed by atoms with Gasteiger partial charge in [0, 0.05) is 6.08 Å². The summed E-state index contributed by atoms with van der Waals surface area (Å²) in [7, 11) is 0. The quantitative estimate of drug-likeness (QED) is 0.190. The molecule has 2 fully saturated rings. The first-order chi connectivity index (χ1) is 18.0. The molecule has 4 rings (SSSR count). The highest BCUT2D eigenvalue weighted by Gasteiger charge is 2.51. The second-order valence-corrected chi connectivity index (χ2v) is 9.14. The number of carbonyl (C=O) groups is 3. The average Bonchev–Trinajstić information content (AvgIpc) is 3.50. The summed E-state index contributed by atoms with van der Waals surface area (Å²) in [4.78, 5) is 36.6. The van der Waals surface area contributed by atoms with Crippen molar-refractivity contribution >= 4 is 17.9 Å². The molecule has 2 saturated heterocycles. The fourth-order valence-corrected chi connectivity index (χ4v) is 4.42. The Kier molecular flexibility index (Phi) is 9.09. The van der Waals surface area contributed by atoms with Gasteiger partial charge in [-0.1, -0.05) is 44.9 Å². The van der Waals surface area contributed by atoms with Crippen LogP contribution in [0.5, 0.6) is 5.75 Å². The first-order valence-electron chi connectivity index (χ1n) is 12.7. The van der Waals surface area contributed by atoms with Crippen molar-refractivity contribution in [3.05, 3.63) is 77.9 Å². The molecule has 2 aromatic rings. The molecule has 8 heteroatoms. The zero-order chi connectivity index (χ0) is 26.2. The Labute approximate surface area is 216 Å². The molecule has 0 amide bonds. The number of hydrogen-bond acceptors (Lipinski definition) is 8. The van der Waals surface area contributed by atoms with Gasteiger partial charge in [-0.15, -0.1) is 0 Å². The van der Waals surface area contributed by atoms with Crippen LogP contribution in [-0.2, 0) is 30.2 Å². The minimum Gasteiger partial charge on any atom is -0.453 e. The maximum absolute atomic E-state index is 12.7. The Hall–Kier alpha value is -3.49. The van der Waals surface area contributed by atoms with Gasteiger partial charge in [0.15, 0.2) is 12.2 Å². The SMILES string of the molecule is C=CC(=O)Oc1ccc(C(=O)O[C@@H]2CO[C@H]3[C@@H]2OC[C@H]3OC(=O)c2ccc(CCCCCC)cc2)cc1. The van der Waals surface area contributed by atoms with E-state index in [1.54, 1.807) is 12.1 Å². The number of hydrogen-bond donors (Lipinski definition) is 0. The van der Waals surface area contributed by atoms with Crippen LogP contribution in [0.2, 0.25) is 0 Å². The van der Waals surface area contributed by atoms with Gasteiger partial charge >= 0.3 is 17.9 Å². The third kappa shape index (κ3) is 6.84. The van der Waals surface area contributed by atoms with E-state index >= 15 is 0 Å². The Morgan fingerprint density at radius 1 is 0.838 bits per heavy atom. The van der Waals surface area contributed by atoms with E-state index < -0.39 is 42.3 Å². The summed E-state index contributed by atoms with van der Waals surface area (Å²) in [6.07, 6.45) is 4.57. The van der Waals surface area contributed by atoms with Crippen LogP contribution in [0, 0.1) is 0 Å². The van der Waals surface area contributed by atoms with Crippen molar-refractivity contribution in [1.82, 2.24) is 0 Å². The molecule has 0 spiro atoms. The van der Waals surface area contributed by atoms with E-state index in [9.17, 15) is 14.4 Å². The third-order valence-corrected chi connectivity index (χ3v) is 6.46. The van der Waals surface area contributed by atoms with Crippen LogP contribution in [0.15, 0.2) is 61.2 Å². The lowest BCUT2D eigenvalue weighted by molar-refractivity contribution is -0.128. The van der Waals surface area contributed by atoms with Gasteiger partial charge in [0.25, 0.3) is 0 Å². The van der Waals surface area contributed by atoms with Crippen LogP contribution in [0.1, 0.15) is 58.9 Å². The summed E-state index contributed by atoms with van der Waals surface area (Å²) in [6.45, 7) is 5.83. The normalized spacial score (nSPS) is 22.2. The Morgan fingerprint density at radius 3 is 1.89 bits per heavy atom. The van der Waals surface area contributed by atoms with Crippen molar-refractivity contribution in [2.45, 2.75) is 63.4 Å². The highest BCUT2D eigenvalue weighted by atomic mass is 16.7. The van der Waals surface area contributed by atoms with E-state index in [4.69, 9.17) is 23.7 Å². The zero-order valence-corrected chi connectivity index (χ0v) is 20.9. The van der Waals surface area contributed by atoms with Gasteiger partial charge in [0.05, 0.1) is 24.3 Å². The summed E-state index contributed by atoms with van der Waals surface area (Å²) >= 11 is 0. The third-order valence-electron chi connectivity index (χ3n) is 6.46. The van der Waals surface area contributed by atoms with Gasteiger partial charge in [0.1, 0.15) is 18.0 Å². The van der Waals surface area contributed by atoms with Crippen LogP contribution in [0.3, 0.4) is 0 Å². The number of rotatable bonds is 11. The number of ether oxygens (including phenoxy) is 5. The maximum Gasteiger partial charge on any atom is 0.338 e. The van der Waals surface area contributed by atoms with Crippen molar-refractivity contribution in [1.29, 1.82) is 0 Å². The van der Waals surface area contributed by atoms with Crippen molar-refractivity contribution in [2.24, 2.45) is 0 Å². The molecule has 2 aromatic carbocycles. The van der Waals surface area contributed by atoms with E-state index in [1.165, 1.54) is 49.1 Å². The summed E-state index contributed by atoms with van der Waals surface area (Å²) in [5.41, 5.74) is 1.97. The largest absolute Gasteiger partial charge is 0.453 e. The fraction of sp³-hybridized carbons (Fsp3) is 0.414. The first kappa shape index (κ1) is 26.6. The molecule has 8 nitrogen and oxygen atoms in total. The predicted octanol–water partition coefficient (Wildman–Crippen LogP) is 4.45. The number of esters is 3. The topological polar surface area (TPSA) is 97.4 Å². The summed E-state index contributed by atoms with van der Waals surface area (Å²) in [6, 6.07) is 13.5. The van der Waals surface area contributed by atoms with Gasteiger partial charge in [-0.2, -0.15) is 0 Å². The van der Waals surface area contributed by atoms with E-state index in [2.05, 4.69) is 13.5 Å². The summed E-state index contributed by atoms with van der Waals surface area (Å²) < 4.78 is 27.9. The van der Waals surface area contributed by atoms with Crippen LogP contribution < -0.4 is 4.74 Å². The zero-order valence-electron chi connectivity index (χ0n) is 20.9. The van der Waals surface area contributed by atoms with Crippen molar-refractivity contribution in [3.63, 3.8) is 0 Å². The molecule has 0 radical (unpaired) electrons. The molecule has 0 unspecified atom stereocenters. The lowest BCUT2D eigenvalue weighted by Gasteiger charge is -2.17. The van der Waals surface area contributed by atoms with E-state index in [0.717, 1.165) is 18.9 Å². The molecule has 4 atom stereocenters. The molecule has 0 N–H and O–H groups in total. The molecular formula is C29H32O8. The summed E-state index contributed by atoms with van der Waals surface area (Å²) in [5, 5.41) is 0. The Bertz CT molecular complexity index is 1090. The minimum atomic E-state index is -0.633. The molecule has 196 valence electrons.